The second kappa shape index (κ2) is 6.57. The van der Waals surface area contributed by atoms with E-state index in [0.29, 0.717) is 6.42 Å². The van der Waals surface area contributed by atoms with Gasteiger partial charge in [0.05, 0.1) is 6.54 Å². The Kier molecular flexibility index (Phi) is 5.13. The quantitative estimate of drug-likeness (QED) is 0.615. The molecule has 1 rings (SSSR count). The molecule has 0 fully saturated rings. The summed E-state index contributed by atoms with van der Waals surface area (Å²) in [7, 11) is 0. The smallest absolute Gasteiger partial charge is 0.241 e. The van der Waals surface area contributed by atoms with Crippen LogP contribution in [-0.4, -0.2) is 12.5 Å². The number of carbonyl (C=O) groups is 1. The topological polar surface area (TPSA) is 53.8 Å². The molecule has 0 saturated heterocycles. The molecule has 0 aromatic rings. The molecule has 0 aromatic heterocycles. The van der Waals surface area contributed by atoms with Crippen LogP contribution in [0.4, 0.5) is 0 Å². The number of amides is 1. The lowest BCUT2D eigenvalue weighted by molar-refractivity contribution is -0.121. The molecule has 13 heavy (non-hydrogen) atoms. The van der Waals surface area contributed by atoms with Crippen LogP contribution in [0.25, 0.3) is 0 Å². The Balaban J connectivity index is 2.26. The first-order chi connectivity index (χ1) is 6.39. The largest absolute Gasteiger partial charge is 0.273 e. The van der Waals surface area contributed by atoms with E-state index < -0.39 is 0 Å². The molecule has 0 aromatic carbocycles. The second-order valence-electron chi connectivity index (χ2n) is 3.37. The van der Waals surface area contributed by atoms with E-state index in [1.54, 1.807) is 0 Å². The maximum absolute atomic E-state index is 11.0. The Morgan fingerprint density at radius 2 is 1.69 bits per heavy atom. The van der Waals surface area contributed by atoms with Crippen LogP contribution < -0.4 is 5.43 Å². The molecule has 74 valence electrons. The van der Waals surface area contributed by atoms with Crippen molar-refractivity contribution in [3.05, 3.63) is 0 Å². The zero-order chi connectivity index (χ0) is 9.36. The molecule has 1 amide bonds. The zero-order valence-electron chi connectivity index (χ0n) is 7.96. The first kappa shape index (κ1) is 10.2. The third-order valence-electron chi connectivity index (χ3n) is 2.16. The van der Waals surface area contributed by atoms with Crippen molar-refractivity contribution in [2.75, 3.05) is 6.54 Å². The predicted octanol–water partition coefficient (Wildman–Crippen LogP) is 2.21. The van der Waals surface area contributed by atoms with E-state index in [-0.39, 0.29) is 5.91 Å². The van der Waals surface area contributed by atoms with Crippen LogP contribution in [0.15, 0.2) is 10.3 Å². The fourth-order valence-electron chi connectivity index (χ4n) is 1.37. The predicted molar refractivity (Wildman–Crippen MR) is 50.2 cm³/mol. The minimum Gasteiger partial charge on any atom is -0.273 e. The summed E-state index contributed by atoms with van der Waals surface area (Å²) < 4.78 is 0. The van der Waals surface area contributed by atoms with E-state index in [4.69, 9.17) is 0 Å². The Morgan fingerprint density at radius 1 is 1.00 bits per heavy atom. The van der Waals surface area contributed by atoms with Crippen molar-refractivity contribution in [2.24, 2.45) is 10.3 Å². The number of nitrogens with zero attached hydrogens (tertiary/aromatic N) is 2. The van der Waals surface area contributed by atoms with Gasteiger partial charge in [-0.1, -0.05) is 30.9 Å². The van der Waals surface area contributed by atoms with Crippen LogP contribution in [-0.2, 0) is 4.79 Å². The highest BCUT2D eigenvalue weighted by molar-refractivity contribution is 5.75. The molecule has 0 aliphatic carbocycles. The summed E-state index contributed by atoms with van der Waals surface area (Å²) in [6.07, 6.45) is 7.53. The van der Waals surface area contributed by atoms with Gasteiger partial charge < -0.3 is 0 Å². The standard InChI is InChI=1S/C9H17N3O/c13-9-7-5-3-1-2-4-6-8-10-12-11-9/h1-8H2,(H,10,11,13). The summed E-state index contributed by atoms with van der Waals surface area (Å²) in [5.41, 5.74) is 2.42. The normalized spacial score (nSPS) is 21.4. The van der Waals surface area contributed by atoms with E-state index >= 15 is 0 Å². The van der Waals surface area contributed by atoms with Crippen molar-refractivity contribution < 1.29 is 4.79 Å². The first-order valence-electron chi connectivity index (χ1n) is 5.05. The van der Waals surface area contributed by atoms with Crippen molar-refractivity contribution in [1.82, 2.24) is 5.43 Å². The Bertz CT molecular complexity index is 180. The lowest BCUT2D eigenvalue weighted by atomic mass is 10.1. The summed E-state index contributed by atoms with van der Waals surface area (Å²) in [5.74, 6) is -0.00989. The highest BCUT2D eigenvalue weighted by Gasteiger charge is 2.00. The summed E-state index contributed by atoms with van der Waals surface area (Å²) >= 11 is 0. The third kappa shape index (κ3) is 5.33. The van der Waals surface area contributed by atoms with Crippen LogP contribution in [0.2, 0.25) is 0 Å². The van der Waals surface area contributed by atoms with Gasteiger partial charge in [0.1, 0.15) is 0 Å². The van der Waals surface area contributed by atoms with Gasteiger partial charge in [-0.15, -0.1) is 0 Å². The maximum atomic E-state index is 11.0. The second-order valence-corrected chi connectivity index (χ2v) is 3.37. The van der Waals surface area contributed by atoms with Gasteiger partial charge in [0.25, 0.3) is 0 Å². The maximum Gasteiger partial charge on any atom is 0.241 e. The van der Waals surface area contributed by atoms with E-state index in [0.717, 1.165) is 25.8 Å². The van der Waals surface area contributed by atoms with Crippen LogP contribution in [0.1, 0.15) is 44.9 Å². The molecular weight excluding hydrogens is 166 g/mol. The van der Waals surface area contributed by atoms with E-state index in [9.17, 15) is 4.79 Å². The molecule has 1 heterocycles. The van der Waals surface area contributed by atoms with Crippen molar-refractivity contribution in [1.29, 1.82) is 0 Å². The molecular formula is C9H17N3O. The summed E-state index contributed by atoms with van der Waals surface area (Å²) in [6, 6.07) is 0. The number of hydrogen-bond donors (Lipinski definition) is 1. The Morgan fingerprint density at radius 3 is 2.54 bits per heavy atom. The van der Waals surface area contributed by atoms with E-state index in [2.05, 4.69) is 15.8 Å². The molecule has 1 N–H and O–H groups in total. The fraction of sp³-hybridized carbons (Fsp3) is 0.889. The zero-order valence-corrected chi connectivity index (χ0v) is 7.96. The monoisotopic (exact) mass is 183 g/mol. The highest BCUT2D eigenvalue weighted by Crippen LogP contribution is 2.07. The van der Waals surface area contributed by atoms with Crippen LogP contribution in [0.5, 0.6) is 0 Å². The minimum absolute atomic E-state index is 0.00989. The molecule has 4 nitrogen and oxygen atoms in total. The fourth-order valence-corrected chi connectivity index (χ4v) is 1.37. The molecule has 1 aliphatic heterocycles. The van der Waals surface area contributed by atoms with Crippen molar-refractivity contribution in [2.45, 2.75) is 44.9 Å². The van der Waals surface area contributed by atoms with Gasteiger partial charge in [0.15, 0.2) is 0 Å². The molecule has 0 saturated carbocycles. The van der Waals surface area contributed by atoms with Crippen molar-refractivity contribution in [3.63, 3.8) is 0 Å². The number of carbonyl (C=O) groups excluding carboxylic acids is 1. The van der Waals surface area contributed by atoms with E-state index in [1.165, 1.54) is 19.3 Å². The van der Waals surface area contributed by atoms with Crippen molar-refractivity contribution >= 4 is 5.91 Å². The molecule has 0 spiro atoms. The van der Waals surface area contributed by atoms with Gasteiger partial charge in [0.2, 0.25) is 5.91 Å². The van der Waals surface area contributed by atoms with Crippen LogP contribution in [0.3, 0.4) is 0 Å². The number of nitrogens with one attached hydrogen (secondary N) is 1. The highest BCUT2D eigenvalue weighted by atomic mass is 16.2. The van der Waals surface area contributed by atoms with Gasteiger partial charge >= 0.3 is 0 Å². The van der Waals surface area contributed by atoms with Gasteiger partial charge in [-0.05, 0) is 12.8 Å². The number of hydrogen-bond acceptors (Lipinski definition) is 3. The van der Waals surface area contributed by atoms with E-state index in [1.807, 2.05) is 0 Å². The van der Waals surface area contributed by atoms with Gasteiger partial charge in [-0.2, -0.15) is 5.11 Å². The SMILES string of the molecule is O=C1CCCCCCCCN=NN1. The molecule has 0 unspecified atom stereocenters. The van der Waals surface area contributed by atoms with Gasteiger partial charge in [-0.3, -0.25) is 4.79 Å². The molecule has 0 bridgehead atoms. The van der Waals surface area contributed by atoms with Gasteiger partial charge in [0, 0.05) is 6.42 Å². The summed E-state index contributed by atoms with van der Waals surface area (Å²) in [5, 5.41) is 7.46. The lowest BCUT2D eigenvalue weighted by Gasteiger charge is -2.02. The molecule has 0 radical (unpaired) electrons. The third-order valence-corrected chi connectivity index (χ3v) is 2.16. The van der Waals surface area contributed by atoms with Crippen molar-refractivity contribution in [3.8, 4) is 0 Å². The Labute approximate surface area is 78.8 Å². The van der Waals surface area contributed by atoms with Crippen LogP contribution in [0, 0.1) is 0 Å². The number of rotatable bonds is 0. The van der Waals surface area contributed by atoms with Crippen LogP contribution >= 0.6 is 0 Å². The molecule has 1 aliphatic rings. The Hall–Kier alpha value is -0.930. The molecule has 4 heteroatoms. The summed E-state index contributed by atoms with van der Waals surface area (Å²) in [4.78, 5) is 11.0. The summed E-state index contributed by atoms with van der Waals surface area (Å²) in [6.45, 7) is 0.736. The minimum atomic E-state index is -0.00989. The average Bonchev–Trinajstić information content (AvgIpc) is 2.11. The lowest BCUT2D eigenvalue weighted by Crippen LogP contribution is -2.16. The first-order valence-corrected chi connectivity index (χ1v) is 5.05. The van der Waals surface area contributed by atoms with Gasteiger partial charge in [-0.25, -0.2) is 5.43 Å². The average molecular weight is 183 g/mol. The molecule has 0 atom stereocenters.